The topological polar surface area (TPSA) is 238 Å². The van der Waals surface area contributed by atoms with Crippen molar-refractivity contribution >= 4 is 69.0 Å². The van der Waals surface area contributed by atoms with E-state index in [1.165, 1.54) is 6.07 Å². The number of halogens is 2. The normalized spacial score (nSPS) is 22.1. The highest BCUT2D eigenvalue weighted by Gasteiger charge is 2.61. The van der Waals surface area contributed by atoms with Crippen LogP contribution in [0.2, 0.25) is 10.0 Å². The number of fused-ring (bicyclic) bond motifs is 1. The van der Waals surface area contributed by atoms with Crippen LogP contribution in [-0.4, -0.2) is 120 Å². The number of carbonyl (C=O) groups is 6. The zero-order chi connectivity index (χ0) is 35.3. The molecule has 0 aromatic heterocycles. The number of carboxylic acids is 1. The lowest BCUT2D eigenvalue weighted by Crippen LogP contribution is -2.75. The maximum absolute atomic E-state index is 13.7. The molecular formula is C28H33Cl2N5O12S. The van der Waals surface area contributed by atoms with Gasteiger partial charge in [0.15, 0.2) is 15.2 Å². The number of β-lactam (4-membered cyclic amide) rings is 1. The monoisotopic (exact) mass is 733 g/mol. The summed E-state index contributed by atoms with van der Waals surface area (Å²) in [6, 6.07) is 2.32. The molecule has 3 aliphatic heterocycles. The number of nitrogens with one attached hydrogen (secondary N) is 3. The van der Waals surface area contributed by atoms with E-state index >= 15 is 0 Å². The van der Waals surface area contributed by atoms with E-state index < -0.39 is 87.2 Å². The van der Waals surface area contributed by atoms with Crippen LogP contribution in [0, 0.1) is 5.92 Å². The predicted octanol–water partition coefficient (Wildman–Crippen LogP) is 0.551. The molecule has 3 heterocycles. The molecule has 20 heteroatoms. The molecule has 5 N–H and O–H groups in total. The van der Waals surface area contributed by atoms with Gasteiger partial charge >= 0.3 is 24.1 Å². The number of carbonyl (C=O) groups excluding carboxylic acids is 4. The first-order valence-corrected chi connectivity index (χ1v) is 17.1. The lowest BCUT2D eigenvalue weighted by molar-refractivity contribution is -0.152. The van der Waals surface area contributed by atoms with E-state index in [1.807, 2.05) is 0 Å². The number of alkyl carbamates (subject to hydrolysis) is 1. The Morgan fingerprint density at radius 3 is 2.50 bits per heavy atom. The second-order valence-electron chi connectivity index (χ2n) is 11.2. The number of sulfone groups is 1. The standard InChI is InChI=1S/C28H33Cl2N5O12S/c1-14(36)46-12-16-13-48(44,45)25-21(24(38)35(25)22(16)26(39)40)33-23(37)18(20-10-34(28(42)43)8-7-31-20)3-2-6-32-27(41)47-11-15-4-5-17(29)9-19(15)30/h4-5,9,18,20-21,25,31H,2-3,6-8,10-13H2,1H3,(H,32,41)(H,33,37)(H,39,40)(H,42,43)/t18?,20?,21-,25-/m0/s1. The molecule has 0 saturated carbocycles. The Morgan fingerprint density at radius 1 is 1.12 bits per heavy atom. The Morgan fingerprint density at radius 2 is 1.85 bits per heavy atom. The van der Waals surface area contributed by atoms with Crippen molar-refractivity contribution in [1.82, 2.24) is 25.8 Å². The molecule has 2 fully saturated rings. The van der Waals surface area contributed by atoms with Crippen LogP contribution < -0.4 is 16.0 Å². The molecule has 1 aromatic carbocycles. The average Bonchev–Trinajstić information content (AvgIpc) is 3.01. The molecule has 0 bridgehead atoms. The molecule has 3 aliphatic rings. The van der Waals surface area contributed by atoms with E-state index in [9.17, 15) is 47.4 Å². The predicted molar refractivity (Wildman–Crippen MR) is 166 cm³/mol. The van der Waals surface area contributed by atoms with Crippen LogP contribution in [0.15, 0.2) is 29.5 Å². The van der Waals surface area contributed by atoms with Gasteiger partial charge in [-0.15, -0.1) is 0 Å². The van der Waals surface area contributed by atoms with Crippen molar-refractivity contribution in [2.75, 3.05) is 38.5 Å². The van der Waals surface area contributed by atoms with Crippen LogP contribution in [0.1, 0.15) is 25.3 Å². The molecule has 17 nitrogen and oxygen atoms in total. The third kappa shape index (κ3) is 8.47. The van der Waals surface area contributed by atoms with Crippen LogP contribution in [0.5, 0.6) is 0 Å². The minimum atomic E-state index is -4.25. The van der Waals surface area contributed by atoms with E-state index in [0.29, 0.717) is 20.5 Å². The number of carboxylic acid groups (broad SMARTS) is 2. The molecule has 48 heavy (non-hydrogen) atoms. The Labute approximate surface area is 284 Å². The minimum Gasteiger partial charge on any atom is -0.477 e. The van der Waals surface area contributed by atoms with Gasteiger partial charge in [-0.1, -0.05) is 29.3 Å². The maximum Gasteiger partial charge on any atom is 0.407 e. The van der Waals surface area contributed by atoms with Gasteiger partial charge in [0.1, 0.15) is 25.0 Å². The molecule has 1 aromatic rings. The number of hydrogen-bond acceptors (Lipinski definition) is 11. The van der Waals surface area contributed by atoms with E-state index in [2.05, 4.69) is 16.0 Å². The first kappa shape index (κ1) is 36.7. The van der Waals surface area contributed by atoms with Crippen molar-refractivity contribution in [1.29, 1.82) is 0 Å². The van der Waals surface area contributed by atoms with Crippen molar-refractivity contribution in [3.8, 4) is 0 Å². The summed E-state index contributed by atoms with van der Waals surface area (Å²) in [4.78, 5) is 75.7. The number of nitrogens with zero attached hydrogens (tertiary/aromatic N) is 2. The first-order chi connectivity index (χ1) is 22.6. The summed E-state index contributed by atoms with van der Waals surface area (Å²) in [6.45, 7) is 0.570. The van der Waals surface area contributed by atoms with Gasteiger partial charge in [0, 0.05) is 60.3 Å². The van der Waals surface area contributed by atoms with Gasteiger partial charge in [0.05, 0.1) is 11.7 Å². The molecular weight excluding hydrogens is 701 g/mol. The lowest BCUT2D eigenvalue weighted by Gasteiger charge is -2.49. The van der Waals surface area contributed by atoms with Gasteiger partial charge < -0.3 is 40.5 Å². The fraction of sp³-hybridized carbons (Fsp3) is 0.500. The van der Waals surface area contributed by atoms with Gasteiger partial charge in [0.2, 0.25) is 5.91 Å². The number of piperazine rings is 1. The average molecular weight is 735 g/mol. The molecule has 0 radical (unpaired) electrons. The van der Waals surface area contributed by atoms with E-state index in [1.54, 1.807) is 12.1 Å². The van der Waals surface area contributed by atoms with Gasteiger partial charge in [-0.05, 0) is 25.0 Å². The van der Waals surface area contributed by atoms with Gasteiger partial charge in [0.25, 0.3) is 5.91 Å². The summed E-state index contributed by atoms with van der Waals surface area (Å²) in [5, 5.41) is 26.4. The maximum atomic E-state index is 13.7. The highest BCUT2D eigenvalue weighted by Crippen LogP contribution is 2.37. The molecule has 2 unspecified atom stereocenters. The molecule has 2 saturated heterocycles. The molecule has 4 amide bonds. The van der Waals surface area contributed by atoms with E-state index in [-0.39, 0.29) is 51.2 Å². The zero-order valence-electron chi connectivity index (χ0n) is 25.4. The Hall–Kier alpha value is -4.13. The zero-order valence-corrected chi connectivity index (χ0v) is 27.8. The van der Waals surface area contributed by atoms with Crippen molar-refractivity contribution in [3.05, 3.63) is 45.1 Å². The summed E-state index contributed by atoms with van der Waals surface area (Å²) in [7, 11) is -4.25. The van der Waals surface area contributed by atoms with Crippen molar-refractivity contribution < 1.29 is 56.9 Å². The van der Waals surface area contributed by atoms with Gasteiger partial charge in [-0.3, -0.25) is 19.3 Å². The Bertz CT molecular complexity index is 1640. The van der Waals surface area contributed by atoms with Crippen molar-refractivity contribution in [3.63, 3.8) is 0 Å². The first-order valence-electron chi connectivity index (χ1n) is 14.6. The second kappa shape index (κ2) is 15.4. The number of amides is 4. The summed E-state index contributed by atoms with van der Waals surface area (Å²) in [6.07, 6.45) is -1.72. The molecule has 0 aliphatic carbocycles. The molecule has 4 rings (SSSR count). The van der Waals surface area contributed by atoms with Crippen LogP contribution in [0.3, 0.4) is 0 Å². The largest absolute Gasteiger partial charge is 0.477 e. The third-order valence-corrected chi connectivity index (χ3v) is 10.5. The highest BCUT2D eigenvalue weighted by atomic mass is 35.5. The van der Waals surface area contributed by atoms with Crippen LogP contribution >= 0.6 is 23.2 Å². The lowest BCUT2D eigenvalue weighted by atomic mass is 9.90. The number of benzene rings is 1. The number of esters is 1. The summed E-state index contributed by atoms with van der Waals surface area (Å²) in [5.74, 6) is -6.00. The highest BCUT2D eigenvalue weighted by molar-refractivity contribution is 7.92. The number of rotatable bonds is 12. The third-order valence-electron chi connectivity index (χ3n) is 7.95. The fourth-order valence-corrected chi connectivity index (χ4v) is 8.13. The van der Waals surface area contributed by atoms with Gasteiger partial charge in [-0.25, -0.2) is 22.8 Å². The molecule has 0 spiro atoms. The second-order valence-corrected chi connectivity index (χ2v) is 14.1. The van der Waals surface area contributed by atoms with Crippen LogP contribution in [-0.2, 0) is 45.1 Å². The van der Waals surface area contributed by atoms with Crippen LogP contribution in [0.4, 0.5) is 9.59 Å². The number of hydrogen-bond donors (Lipinski definition) is 5. The van der Waals surface area contributed by atoms with Gasteiger partial charge in [-0.2, -0.15) is 0 Å². The van der Waals surface area contributed by atoms with Crippen molar-refractivity contribution in [2.24, 2.45) is 5.92 Å². The minimum absolute atomic E-state index is 0.0390. The van der Waals surface area contributed by atoms with Crippen LogP contribution in [0.25, 0.3) is 0 Å². The summed E-state index contributed by atoms with van der Waals surface area (Å²) < 4.78 is 36.3. The van der Waals surface area contributed by atoms with Crippen molar-refractivity contribution in [2.45, 2.75) is 43.8 Å². The van der Waals surface area contributed by atoms with E-state index in [4.69, 9.17) is 32.7 Å². The SMILES string of the molecule is CC(=O)OCC1=C(C(=O)O)N2C(=O)[C@H](NC(=O)C(CCCNC(=O)OCc3ccc(Cl)cc3Cl)C3CN(C(=O)O)CCN3)[C@@H]2S(=O)(=O)C1. The Kier molecular flexibility index (Phi) is 11.8. The molecule has 262 valence electrons. The quantitative estimate of drug-likeness (QED) is 0.112. The summed E-state index contributed by atoms with van der Waals surface area (Å²) in [5.41, 5.74) is -0.423. The summed E-state index contributed by atoms with van der Waals surface area (Å²) >= 11 is 12.0. The number of ether oxygens (including phenoxy) is 2. The molecule has 4 atom stereocenters. The fourth-order valence-electron chi connectivity index (χ4n) is 5.66. The van der Waals surface area contributed by atoms with E-state index in [0.717, 1.165) is 11.8 Å². The smallest absolute Gasteiger partial charge is 0.407 e. The number of aliphatic carboxylic acids is 1. The Balaban J connectivity index is 1.43.